The normalized spacial score (nSPS) is 26.6. The Hall–Kier alpha value is -2.82. The van der Waals surface area contributed by atoms with Crippen LogP contribution in [0.2, 0.25) is 10.0 Å². The van der Waals surface area contributed by atoms with Crippen molar-refractivity contribution in [1.82, 2.24) is 5.32 Å². The number of nitrogens with one attached hydrogen (secondary N) is 2. The Bertz CT molecular complexity index is 1260. The topological polar surface area (TPSA) is 58.2 Å². The van der Waals surface area contributed by atoms with Crippen molar-refractivity contribution in [3.05, 3.63) is 99.0 Å². The first-order chi connectivity index (χ1) is 15.3. The van der Waals surface area contributed by atoms with E-state index in [-0.39, 0.29) is 11.8 Å². The summed E-state index contributed by atoms with van der Waals surface area (Å²) in [5, 5.41) is 7.36. The molecule has 2 N–H and O–H groups in total. The molecule has 1 saturated heterocycles. The Balaban J connectivity index is 1.86. The van der Waals surface area contributed by atoms with E-state index >= 15 is 0 Å². The van der Waals surface area contributed by atoms with Crippen LogP contribution in [0.1, 0.15) is 41.1 Å². The van der Waals surface area contributed by atoms with Crippen molar-refractivity contribution in [2.24, 2.45) is 5.92 Å². The van der Waals surface area contributed by atoms with E-state index in [1.54, 1.807) is 18.2 Å². The Morgan fingerprint density at radius 1 is 0.906 bits per heavy atom. The lowest BCUT2D eigenvalue weighted by molar-refractivity contribution is -0.135. The molecule has 0 aliphatic carbocycles. The van der Waals surface area contributed by atoms with Crippen LogP contribution in [-0.4, -0.2) is 11.8 Å². The van der Waals surface area contributed by atoms with Crippen LogP contribution in [0.15, 0.2) is 66.7 Å². The predicted octanol–water partition coefficient (Wildman–Crippen LogP) is 5.78. The number of carbonyl (C=O) groups is 2. The molecule has 4 atom stereocenters. The maximum absolute atomic E-state index is 14.0. The molecule has 4 unspecified atom stereocenters. The first-order valence-electron chi connectivity index (χ1n) is 10.6. The molecular weight excluding hydrogens is 443 g/mol. The summed E-state index contributed by atoms with van der Waals surface area (Å²) in [6.07, 6.45) is 0. The monoisotopic (exact) mass is 464 g/mol. The summed E-state index contributed by atoms with van der Waals surface area (Å²) >= 11 is 12.6. The van der Waals surface area contributed by atoms with Gasteiger partial charge in [0.1, 0.15) is 5.41 Å². The molecule has 3 aromatic rings. The smallest absolute Gasteiger partial charge is 0.238 e. The third-order valence-electron chi connectivity index (χ3n) is 6.90. The molecule has 3 aromatic carbocycles. The van der Waals surface area contributed by atoms with Gasteiger partial charge < -0.3 is 10.6 Å². The minimum absolute atomic E-state index is 0.0935. The Morgan fingerprint density at radius 2 is 1.66 bits per heavy atom. The fourth-order valence-corrected chi connectivity index (χ4v) is 5.89. The molecule has 0 saturated carbocycles. The fraction of sp³-hybridized carbons (Fsp3) is 0.231. The van der Waals surface area contributed by atoms with Gasteiger partial charge in [-0.3, -0.25) is 9.59 Å². The third kappa shape index (κ3) is 2.97. The highest BCUT2D eigenvalue weighted by Crippen LogP contribution is 2.59. The van der Waals surface area contributed by atoms with Crippen molar-refractivity contribution in [3.63, 3.8) is 0 Å². The molecule has 2 amide bonds. The van der Waals surface area contributed by atoms with E-state index < -0.39 is 23.3 Å². The number of anilines is 1. The van der Waals surface area contributed by atoms with Crippen LogP contribution < -0.4 is 10.6 Å². The number of hydrogen-bond acceptors (Lipinski definition) is 2. The lowest BCUT2D eigenvalue weighted by Crippen LogP contribution is -2.60. The molecule has 0 bridgehead atoms. The quantitative estimate of drug-likeness (QED) is 0.504. The SMILES string of the molecule is Cc1ccccc1C1NC(=O)C(C)C(c2cccc(Cl)c2)C12C(=O)Nc1cc(Cl)ccc12. The largest absolute Gasteiger partial charge is 0.348 e. The van der Waals surface area contributed by atoms with Gasteiger partial charge >= 0.3 is 0 Å². The highest BCUT2D eigenvalue weighted by Gasteiger charge is 2.63. The average molecular weight is 465 g/mol. The van der Waals surface area contributed by atoms with Crippen LogP contribution in [0.5, 0.6) is 0 Å². The molecule has 6 heteroatoms. The molecule has 1 spiro atoms. The second kappa shape index (κ2) is 7.65. The van der Waals surface area contributed by atoms with E-state index in [9.17, 15) is 9.59 Å². The number of carbonyl (C=O) groups excluding carboxylic acids is 2. The number of aryl methyl sites for hydroxylation is 1. The third-order valence-corrected chi connectivity index (χ3v) is 7.37. The van der Waals surface area contributed by atoms with E-state index in [1.165, 1.54) is 0 Å². The lowest BCUT2D eigenvalue weighted by Gasteiger charge is -2.49. The number of halogens is 2. The van der Waals surface area contributed by atoms with Gasteiger partial charge in [-0.25, -0.2) is 0 Å². The van der Waals surface area contributed by atoms with Crippen LogP contribution >= 0.6 is 23.2 Å². The highest BCUT2D eigenvalue weighted by atomic mass is 35.5. The molecule has 2 aliphatic rings. The van der Waals surface area contributed by atoms with E-state index in [4.69, 9.17) is 23.2 Å². The minimum atomic E-state index is -1.07. The maximum atomic E-state index is 14.0. The predicted molar refractivity (Wildman–Crippen MR) is 127 cm³/mol. The maximum Gasteiger partial charge on any atom is 0.238 e. The molecule has 32 heavy (non-hydrogen) atoms. The zero-order valence-corrected chi connectivity index (χ0v) is 19.2. The highest BCUT2D eigenvalue weighted by molar-refractivity contribution is 6.31. The number of amides is 2. The van der Waals surface area contributed by atoms with Crippen LogP contribution in [0.3, 0.4) is 0 Å². The lowest BCUT2D eigenvalue weighted by atomic mass is 9.56. The fourth-order valence-electron chi connectivity index (χ4n) is 5.52. The van der Waals surface area contributed by atoms with Gasteiger partial charge in [0, 0.05) is 27.6 Å². The molecule has 2 aliphatic heterocycles. The summed E-state index contributed by atoms with van der Waals surface area (Å²) in [6.45, 7) is 3.87. The summed E-state index contributed by atoms with van der Waals surface area (Å²) in [4.78, 5) is 27.3. The summed E-state index contributed by atoms with van der Waals surface area (Å²) in [5.74, 6) is -1.13. The summed E-state index contributed by atoms with van der Waals surface area (Å²) in [6, 6.07) is 20.3. The second-order valence-electron chi connectivity index (χ2n) is 8.63. The average Bonchev–Trinajstić information content (AvgIpc) is 3.03. The van der Waals surface area contributed by atoms with Crippen molar-refractivity contribution < 1.29 is 9.59 Å². The van der Waals surface area contributed by atoms with E-state index in [0.29, 0.717) is 15.7 Å². The van der Waals surface area contributed by atoms with E-state index in [2.05, 4.69) is 10.6 Å². The molecule has 0 aromatic heterocycles. The number of rotatable bonds is 2. The molecule has 1 fully saturated rings. The molecule has 5 rings (SSSR count). The van der Waals surface area contributed by atoms with Gasteiger partial charge in [0.15, 0.2) is 0 Å². The first-order valence-corrected chi connectivity index (χ1v) is 11.3. The standard InChI is InChI=1S/C26H22Cl2N2O2/c1-14-6-3-4-9-19(14)23-26(20-11-10-18(28)13-21(20)29-25(26)32)22(15(2)24(31)30-23)16-7-5-8-17(27)12-16/h3-13,15,22-23H,1-2H3,(H,29,32)(H,30,31). The van der Waals surface area contributed by atoms with Crippen molar-refractivity contribution >= 4 is 40.7 Å². The van der Waals surface area contributed by atoms with E-state index in [0.717, 1.165) is 22.3 Å². The number of hydrogen-bond donors (Lipinski definition) is 2. The first kappa shape index (κ1) is 21.0. The van der Waals surface area contributed by atoms with Crippen molar-refractivity contribution in [1.29, 1.82) is 0 Å². The molecule has 4 nitrogen and oxygen atoms in total. The molecule has 162 valence electrons. The number of benzene rings is 3. The summed E-state index contributed by atoms with van der Waals surface area (Å²) < 4.78 is 0. The van der Waals surface area contributed by atoms with Gasteiger partial charge in [0.05, 0.1) is 6.04 Å². The van der Waals surface area contributed by atoms with Gasteiger partial charge in [0.2, 0.25) is 11.8 Å². The van der Waals surface area contributed by atoms with Crippen molar-refractivity contribution in [2.75, 3.05) is 5.32 Å². The zero-order valence-electron chi connectivity index (χ0n) is 17.7. The second-order valence-corrected chi connectivity index (χ2v) is 9.51. The zero-order chi connectivity index (χ0) is 22.6. The van der Waals surface area contributed by atoms with Gasteiger partial charge in [-0.2, -0.15) is 0 Å². The van der Waals surface area contributed by atoms with Crippen LogP contribution in [0.25, 0.3) is 0 Å². The Morgan fingerprint density at radius 3 is 2.41 bits per heavy atom. The minimum Gasteiger partial charge on any atom is -0.348 e. The number of fused-ring (bicyclic) bond motifs is 2. The van der Waals surface area contributed by atoms with Gasteiger partial charge in [-0.15, -0.1) is 0 Å². The molecule has 2 heterocycles. The van der Waals surface area contributed by atoms with Crippen LogP contribution in [0, 0.1) is 12.8 Å². The summed E-state index contributed by atoms with van der Waals surface area (Å²) in [5.41, 5.74) is 3.22. The van der Waals surface area contributed by atoms with Crippen LogP contribution in [0.4, 0.5) is 5.69 Å². The van der Waals surface area contributed by atoms with Gasteiger partial charge in [-0.05, 0) is 53.4 Å². The molecular formula is C26H22Cl2N2O2. The molecule has 0 radical (unpaired) electrons. The van der Waals surface area contributed by atoms with E-state index in [1.807, 2.05) is 62.4 Å². The summed E-state index contributed by atoms with van der Waals surface area (Å²) in [7, 11) is 0. The Labute approximate surface area is 196 Å². The van der Waals surface area contributed by atoms with Crippen LogP contribution in [-0.2, 0) is 15.0 Å². The van der Waals surface area contributed by atoms with Crippen molar-refractivity contribution in [2.45, 2.75) is 31.2 Å². The number of piperidine rings is 1. The van der Waals surface area contributed by atoms with Gasteiger partial charge in [-0.1, -0.05) is 72.6 Å². The van der Waals surface area contributed by atoms with Gasteiger partial charge in [0.25, 0.3) is 0 Å². The van der Waals surface area contributed by atoms with Crippen molar-refractivity contribution in [3.8, 4) is 0 Å². The Kier molecular flexibility index (Phi) is 5.03.